The molecule has 0 aliphatic carbocycles. The normalized spacial score (nSPS) is 21.2. The maximum Gasteiger partial charge on any atom is 0.306 e. The lowest BCUT2D eigenvalue weighted by Crippen LogP contribution is -2.51. The van der Waals surface area contributed by atoms with Crippen molar-refractivity contribution in [2.24, 2.45) is 0 Å². The van der Waals surface area contributed by atoms with Crippen LogP contribution in [0.4, 0.5) is 0 Å². The maximum atomic E-state index is 12.5. The summed E-state index contributed by atoms with van der Waals surface area (Å²) in [6, 6.07) is 6.28. The molecule has 1 fully saturated rings. The SMILES string of the molecule is CNS(=O)(=O)c1ccc(CCC(=O)OC(C)C(=O)N2CC(C)OC(C)C2)cc1. The summed E-state index contributed by atoms with van der Waals surface area (Å²) in [5, 5.41) is 0. The fourth-order valence-corrected chi connectivity index (χ4v) is 3.85. The molecule has 3 atom stereocenters. The van der Waals surface area contributed by atoms with Gasteiger partial charge in [-0.2, -0.15) is 0 Å². The Balaban J connectivity index is 1.84. The molecule has 28 heavy (non-hydrogen) atoms. The van der Waals surface area contributed by atoms with Gasteiger partial charge in [-0.3, -0.25) is 9.59 Å². The Labute approximate surface area is 166 Å². The Hall–Kier alpha value is -1.97. The Morgan fingerprint density at radius 1 is 1.21 bits per heavy atom. The highest BCUT2D eigenvalue weighted by atomic mass is 32.2. The number of hydrogen-bond acceptors (Lipinski definition) is 6. The fraction of sp³-hybridized carbons (Fsp3) is 0.579. The van der Waals surface area contributed by atoms with Crippen molar-refractivity contribution in [1.82, 2.24) is 9.62 Å². The molecule has 1 aromatic rings. The first-order valence-corrected chi connectivity index (χ1v) is 10.8. The Bertz CT molecular complexity index is 783. The van der Waals surface area contributed by atoms with Crippen LogP contribution in [0.2, 0.25) is 0 Å². The van der Waals surface area contributed by atoms with Crippen molar-refractivity contribution in [3.05, 3.63) is 29.8 Å². The number of carbonyl (C=O) groups is 2. The molecule has 1 N–H and O–H groups in total. The molecule has 3 unspecified atom stereocenters. The monoisotopic (exact) mass is 412 g/mol. The van der Waals surface area contributed by atoms with E-state index in [1.165, 1.54) is 19.2 Å². The van der Waals surface area contributed by atoms with E-state index in [2.05, 4.69) is 4.72 Å². The first-order chi connectivity index (χ1) is 13.1. The van der Waals surface area contributed by atoms with E-state index >= 15 is 0 Å². The minimum atomic E-state index is -3.48. The van der Waals surface area contributed by atoms with E-state index in [0.29, 0.717) is 19.5 Å². The van der Waals surface area contributed by atoms with Crippen LogP contribution in [-0.2, 0) is 35.5 Å². The number of rotatable bonds is 7. The van der Waals surface area contributed by atoms with E-state index in [4.69, 9.17) is 9.47 Å². The van der Waals surface area contributed by atoms with Crippen LogP contribution in [0.1, 0.15) is 32.8 Å². The molecule has 0 saturated carbocycles. The average Bonchev–Trinajstić information content (AvgIpc) is 2.65. The molecule has 0 radical (unpaired) electrons. The minimum absolute atomic E-state index is 0.0507. The largest absolute Gasteiger partial charge is 0.453 e. The van der Waals surface area contributed by atoms with Gasteiger partial charge in [-0.15, -0.1) is 0 Å². The van der Waals surface area contributed by atoms with Gasteiger partial charge < -0.3 is 14.4 Å². The van der Waals surface area contributed by atoms with Gasteiger partial charge in [-0.05, 0) is 51.9 Å². The minimum Gasteiger partial charge on any atom is -0.453 e. The first kappa shape index (κ1) is 22.3. The molecular weight excluding hydrogens is 384 g/mol. The third-order valence-corrected chi connectivity index (χ3v) is 5.94. The standard InChI is InChI=1S/C19H28N2O6S/c1-13-11-21(12-14(2)26-13)19(23)15(3)27-18(22)10-7-16-5-8-17(9-6-16)28(24,25)20-4/h5-6,8-9,13-15,20H,7,10-12H2,1-4H3. The number of hydrogen-bond donors (Lipinski definition) is 1. The molecule has 8 nitrogen and oxygen atoms in total. The summed E-state index contributed by atoms with van der Waals surface area (Å²) in [6.45, 7) is 6.34. The highest BCUT2D eigenvalue weighted by molar-refractivity contribution is 7.89. The second-order valence-corrected chi connectivity index (χ2v) is 8.87. The number of amides is 1. The molecule has 0 spiro atoms. The van der Waals surface area contributed by atoms with Crippen molar-refractivity contribution < 1.29 is 27.5 Å². The lowest BCUT2D eigenvalue weighted by Gasteiger charge is -2.36. The molecule has 156 valence electrons. The molecule has 1 saturated heterocycles. The molecule has 0 bridgehead atoms. The highest BCUT2D eigenvalue weighted by Crippen LogP contribution is 2.14. The van der Waals surface area contributed by atoms with Gasteiger partial charge in [0.1, 0.15) is 0 Å². The van der Waals surface area contributed by atoms with Crippen molar-refractivity contribution in [3.63, 3.8) is 0 Å². The predicted octanol–water partition coefficient (Wildman–Crippen LogP) is 1.09. The van der Waals surface area contributed by atoms with E-state index in [9.17, 15) is 18.0 Å². The van der Waals surface area contributed by atoms with Crippen LogP contribution in [0.5, 0.6) is 0 Å². The van der Waals surface area contributed by atoms with Crippen LogP contribution in [0, 0.1) is 0 Å². The summed E-state index contributed by atoms with van der Waals surface area (Å²) in [5.74, 6) is -0.695. The van der Waals surface area contributed by atoms with Crippen molar-refractivity contribution in [2.45, 2.75) is 56.8 Å². The Kier molecular flexibility index (Phi) is 7.56. The van der Waals surface area contributed by atoms with E-state index in [1.54, 1.807) is 24.0 Å². The number of ether oxygens (including phenoxy) is 2. The van der Waals surface area contributed by atoms with E-state index in [1.807, 2.05) is 13.8 Å². The van der Waals surface area contributed by atoms with Gasteiger partial charge in [0, 0.05) is 19.5 Å². The zero-order valence-electron chi connectivity index (χ0n) is 16.7. The van der Waals surface area contributed by atoms with Crippen LogP contribution >= 0.6 is 0 Å². The molecule has 0 aromatic heterocycles. The lowest BCUT2D eigenvalue weighted by molar-refractivity contribution is -0.164. The van der Waals surface area contributed by atoms with Gasteiger partial charge in [0.2, 0.25) is 10.0 Å². The summed E-state index contributed by atoms with van der Waals surface area (Å²) < 4.78 is 36.5. The van der Waals surface area contributed by atoms with Gasteiger partial charge in [-0.25, -0.2) is 13.1 Å². The summed E-state index contributed by atoms with van der Waals surface area (Å²) in [4.78, 5) is 26.4. The molecule has 1 aliphatic heterocycles. The van der Waals surface area contributed by atoms with Gasteiger partial charge in [0.15, 0.2) is 6.10 Å². The number of esters is 1. The van der Waals surface area contributed by atoms with Gasteiger partial charge >= 0.3 is 5.97 Å². The van der Waals surface area contributed by atoms with Crippen LogP contribution in [0.15, 0.2) is 29.2 Å². The average molecular weight is 413 g/mol. The van der Waals surface area contributed by atoms with Crippen LogP contribution < -0.4 is 4.72 Å². The number of morpholine rings is 1. The third-order valence-electron chi connectivity index (χ3n) is 4.51. The van der Waals surface area contributed by atoms with Crippen molar-refractivity contribution in [1.29, 1.82) is 0 Å². The quantitative estimate of drug-likeness (QED) is 0.673. The van der Waals surface area contributed by atoms with Crippen LogP contribution in [-0.4, -0.2) is 63.6 Å². The van der Waals surface area contributed by atoms with E-state index in [-0.39, 0.29) is 29.4 Å². The van der Waals surface area contributed by atoms with Crippen LogP contribution in [0.25, 0.3) is 0 Å². The predicted molar refractivity (Wildman–Crippen MR) is 103 cm³/mol. The summed E-state index contributed by atoms with van der Waals surface area (Å²) in [5.41, 5.74) is 0.807. The number of carbonyl (C=O) groups excluding carboxylic acids is 2. The highest BCUT2D eigenvalue weighted by Gasteiger charge is 2.30. The molecule has 1 amide bonds. The fourth-order valence-electron chi connectivity index (χ4n) is 3.12. The van der Waals surface area contributed by atoms with Gasteiger partial charge in [-0.1, -0.05) is 12.1 Å². The van der Waals surface area contributed by atoms with Gasteiger partial charge in [0.25, 0.3) is 5.91 Å². The van der Waals surface area contributed by atoms with E-state index in [0.717, 1.165) is 5.56 Å². The van der Waals surface area contributed by atoms with Gasteiger partial charge in [0.05, 0.1) is 17.1 Å². The topological polar surface area (TPSA) is 102 Å². The lowest BCUT2D eigenvalue weighted by atomic mass is 10.1. The third kappa shape index (κ3) is 6.02. The Morgan fingerprint density at radius 2 is 1.79 bits per heavy atom. The number of nitrogens with one attached hydrogen (secondary N) is 1. The van der Waals surface area contributed by atoms with Crippen molar-refractivity contribution >= 4 is 21.9 Å². The molecule has 1 heterocycles. The molecule has 2 rings (SSSR count). The smallest absolute Gasteiger partial charge is 0.306 e. The van der Waals surface area contributed by atoms with E-state index < -0.39 is 22.1 Å². The summed E-state index contributed by atoms with van der Waals surface area (Å²) in [7, 11) is -2.14. The Morgan fingerprint density at radius 3 is 2.32 bits per heavy atom. The molecule has 9 heteroatoms. The molecule has 1 aliphatic rings. The van der Waals surface area contributed by atoms with Crippen molar-refractivity contribution in [2.75, 3.05) is 20.1 Å². The summed E-state index contributed by atoms with van der Waals surface area (Å²) in [6.07, 6.45) is -0.458. The number of benzene rings is 1. The number of sulfonamides is 1. The molecular formula is C19H28N2O6S. The summed E-state index contributed by atoms with van der Waals surface area (Å²) >= 11 is 0. The second-order valence-electron chi connectivity index (χ2n) is 6.98. The zero-order valence-corrected chi connectivity index (χ0v) is 17.5. The maximum absolute atomic E-state index is 12.5. The molecule has 1 aromatic carbocycles. The first-order valence-electron chi connectivity index (χ1n) is 9.28. The second kappa shape index (κ2) is 9.49. The number of nitrogens with zero attached hydrogens (tertiary/aromatic N) is 1. The zero-order chi connectivity index (χ0) is 20.9. The van der Waals surface area contributed by atoms with Crippen LogP contribution in [0.3, 0.4) is 0 Å². The van der Waals surface area contributed by atoms with Crippen molar-refractivity contribution in [3.8, 4) is 0 Å². The number of aryl methyl sites for hydroxylation is 1.